The number of benzene rings is 1. The van der Waals surface area contributed by atoms with Crippen molar-refractivity contribution in [2.45, 2.75) is 6.54 Å². The van der Waals surface area contributed by atoms with Crippen molar-refractivity contribution in [3.63, 3.8) is 0 Å². The zero-order valence-corrected chi connectivity index (χ0v) is 23.6. The molecule has 12 nitrogen and oxygen atoms in total. The first-order valence-corrected chi connectivity index (χ1v) is 14.1. The molecule has 0 bridgehead atoms. The van der Waals surface area contributed by atoms with E-state index >= 15 is 0 Å². The molecule has 1 fully saturated rings. The summed E-state index contributed by atoms with van der Waals surface area (Å²) >= 11 is 0. The molecule has 1 aliphatic heterocycles. The van der Waals surface area contributed by atoms with Crippen molar-refractivity contribution in [3.05, 3.63) is 107 Å². The van der Waals surface area contributed by atoms with Gasteiger partial charge in [-0.25, -0.2) is 24.9 Å². The van der Waals surface area contributed by atoms with Crippen molar-refractivity contribution in [3.8, 4) is 34.4 Å². The summed E-state index contributed by atoms with van der Waals surface area (Å²) in [5, 5.41) is 9.16. The van der Waals surface area contributed by atoms with Crippen LogP contribution in [0.25, 0.3) is 39.5 Å². The minimum absolute atomic E-state index is 0.170. The van der Waals surface area contributed by atoms with Crippen LogP contribution in [0.4, 0.5) is 11.6 Å². The Morgan fingerprint density at radius 3 is 2.52 bits per heavy atom. The molecule has 1 saturated heterocycles. The van der Waals surface area contributed by atoms with Crippen LogP contribution >= 0.6 is 0 Å². The number of aromatic amines is 1. The second-order valence-electron chi connectivity index (χ2n) is 10.5. The van der Waals surface area contributed by atoms with Crippen molar-refractivity contribution in [1.82, 2.24) is 39.4 Å². The molecule has 0 atom stereocenters. The Morgan fingerprint density at radius 1 is 0.932 bits per heavy atom. The smallest absolute Gasteiger partial charge is 0.247 e. The SMILES string of the molecule is N#Cc1cc(N2CCN(Cc3ccc(-n4c(-c5cccnc5N)nc5ccc(-c6ccc(=O)[nH]c6)nc54)cc3)CC2)ncn1. The molecule has 0 saturated carbocycles. The van der Waals surface area contributed by atoms with Gasteiger partial charge in [0.25, 0.3) is 0 Å². The highest BCUT2D eigenvalue weighted by atomic mass is 16.1. The second kappa shape index (κ2) is 11.4. The van der Waals surface area contributed by atoms with Gasteiger partial charge in [-0.1, -0.05) is 12.1 Å². The van der Waals surface area contributed by atoms with Crippen molar-refractivity contribution in [2.24, 2.45) is 0 Å². The molecular weight excluding hydrogens is 554 g/mol. The zero-order chi connectivity index (χ0) is 30.0. The highest BCUT2D eigenvalue weighted by molar-refractivity contribution is 5.84. The number of nitrogens with one attached hydrogen (secondary N) is 1. The van der Waals surface area contributed by atoms with E-state index in [4.69, 9.17) is 21.0 Å². The molecular formula is C32H27N11O. The van der Waals surface area contributed by atoms with Crippen molar-refractivity contribution < 1.29 is 0 Å². The minimum atomic E-state index is -0.170. The Morgan fingerprint density at radius 2 is 1.77 bits per heavy atom. The fraction of sp³-hybridized carbons (Fsp3) is 0.156. The molecule has 7 rings (SSSR count). The van der Waals surface area contributed by atoms with Crippen LogP contribution in [-0.2, 0) is 6.54 Å². The molecule has 1 aromatic carbocycles. The number of anilines is 2. The van der Waals surface area contributed by atoms with Gasteiger partial charge in [0, 0.05) is 68.5 Å². The molecule has 6 aromatic rings. The minimum Gasteiger partial charge on any atom is -0.383 e. The Bertz CT molecular complexity index is 2050. The van der Waals surface area contributed by atoms with Crippen LogP contribution in [0.1, 0.15) is 11.3 Å². The van der Waals surface area contributed by atoms with Gasteiger partial charge in [0.05, 0.1) is 11.3 Å². The van der Waals surface area contributed by atoms with Crippen molar-refractivity contribution in [1.29, 1.82) is 5.26 Å². The number of pyridine rings is 3. The summed E-state index contributed by atoms with van der Waals surface area (Å²) in [7, 11) is 0. The molecule has 12 heteroatoms. The van der Waals surface area contributed by atoms with Crippen LogP contribution in [0.15, 0.2) is 90.2 Å². The fourth-order valence-corrected chi connectivity index (χ4v) is 5.44. The highest BCUT2D eigenvalue weighted by Crippen LogP contribution is 2.31. The van der Waals surface area contributed by atoms with Gasteiger partial charge >= 0.3 is 0 Å². The number of piperazine rings is 1. The molecule has 0 aliphatic carbocycles. The molecule has 216 valence electrons. The van der Waals surface area contributed by atoms with Gasteiger partial charge in [0.15, 0.2) is 11.5 Å². The van der Waals surface area contributed by atoms with E-state index < -0.39 is 0 Å². The Labute approximate surface area is 252 Å². The quantitative estimate of drug-likeness (QED) is 0.299. The average Bonchev–Trinajstić information content (AvgIpc) is 3.44. The lowest BCUT2D eigenvalue weighted by Gasteiger charge is -2.35. The summed E-state index contributed by atoms with van der Waals surface area (Å²) in [4.78, 5) is 41.4. The van der Waals surface area contributed by atoms with Crippen LogP contribution in [0.5, 0.6) is 0 Å². The molecule has 0 radical (unpaired) electrons. The largest absolute Gasteiger partial charge is 0.383 e. The number of nitriles is 1. The van der Waals surface area contributed by atoms with Gasteiger partial charge in [-0.2, -0.15) is 5.26 Å². The van der Waals surface area contributed by atoms with E-state index in [1.165, 1.54) is 18.0 Å². The second-order valence-corrected chi connectivity index (χ2v) is 10.5. The van der Waals surface area contributed by atoms with E-state index in [1.54, 1.807) is 24.5 Å². The molecule has 6 heterocycles. The average molecular weight is 582 g/mol. The third-order valence-corrected chi connectivity index (χ3v) is 7.73. The lowest BCUT2D eigenvalue weighted by molar-refractivity contribution is 0.249. The number of hydrogen-bond acceptors (Lipinski definition) is 10. The number of aromatic nitrogens is 7. The van der Waals surface area contributed by atoms with Gasteiger partial charge in [-0.05, 0) is 48.0 Å². The topological polar surface area (TPSA) is 159 Å². The first kappa shape index (κ1) is 26.9. The van der Waals surface area contributed by atoms with Gasteiger partial charge in [-0.15, -0.1) is 0 Å². The fourth-order valence-electron chi connectivity index (χ4n) is 5.44. The predicted octanol–water partition coefficient (Wildman–Crippen LogP) is 3.40. The van der Waals surface area contributed by atoms with Gasteiger partial charge < -0.3 is 15.6 Å². The summed E-state index contributed by atoms with van der Waals surface area (Å²) in [5.41, 5.74) is 12.2. The number of hydrogen-bond donors (Lipinski definition) is 2. The number of nitrogens with zero attached hydrogens (tertiary/aromatic N) is 9. The van der Waals surface area contributed by atoms with Crippen molar-refractivity contribution in [2.75, 3.05) is 36.8 Å². The predicted molar refractivity (Wildman–Crippen MR) is 167 cm³/mol. The first-order valence-electron chi connectivity index (χ1n) is 14.1. The van der Waals surface area contributed by atoms with Gasteiger partial charge in [-0.3, -0.25) is 14.3 Å². The first-order chi connectivity index (χ1) is 21.6. The van der Waals surface area contributed by atoms with E-state index in [0.717, 1.165) is 49.8 Å². The Kier molecular flexibility index (Phi) is 6.97. The van der Waals surface area contributed by atoms with E-state index in [0.29, 0.717) is 39.8 Å². The number of fused-ring (bicyclic) bond motifs is 1. The van der Waals surface area contributed by atoms with E-state index in [1.807, 2.05) is 28.8 Å². The Hall–Kier alpha value is -5.93. The number of nitrogens with two attached hydrogens (primary N) is 1. The molecule has 0 amide bonds. The van der Waals surface area contributed by atoms with E-state index in [-0.39, 0.29) is 5.56 Å². The summed E-state index contributed by atoms with van der Waals surface area (Å²) in [5.74, 6) is 1.81. The van der Waals surface area contributed by atoms with E-state index in [9.17, 15) is 4.79 Å². The number of rotatable bonds is 6. The maximum atomic E-state index is 11.6. The lowest BCUT2D eigenvalue weighted by atomic mass is 10.1. The van der Waals surface area contributed by atoms with Crippen LogP contribution in [0, 0.1) is 11.3 Å². The zero-order valence-electron chi connectivity index (χ0n) is 23.6. The summed E-state index contributed by atoms with van der Waals surface area (Å²) in [6.07, 6.45) is 4.76. The number of H-pyrrole nitrogens is 1. The molecule has 0 spiro atoms. The molecule has 44 heavy (non-hydrogen) atoms. The van der Waals surface area contributed by atoms with Crippen molar-refractivity contribution >= 4 is 22.8 Å². The molecule has 1 aliphatic rings. The summed E-state index contributed by atoms with van der Waals surface area (Å²) < 4.78 is 2.00. The van der Waals surface area contributed by atoms with Crippen LogP contribution in [0.2, 0.25) is 0 Å². The monoisotopic (exact) mass is 581 g/mol. The lowest BCUT2D eigenvalue weighted by Crippen LogP contribution is -2.46. The normalized spacial score (nSPS) is 13.7. The third-order valence-electron chi connectivity index (χ3n) is 7.73. The highest BCUT2D eigenvalue weighted by Gasteiger charge is 2.21. The summed E-state index contributed by atoms with van der Waals surface area (Å²) in [6, 6.07) is 23.0. The maximum Gasteiger partial charge on any atom is 0.247 e. The van der Waals surface area contributed by atoms with Gasteiger partial charge in [0.1, 0.15) is 35.2 Å². The molecule has 0 unspecified atom stereocenters. The summed E-state index contributed by atoms with van der Waals surface area (Å²) in [6.45, 7) is 4.20. The van der Waals surface area contributed by atoms with Gasteiger partial charge in [0.2, 0.25) is 5.56 Å². The molecule has 3 N–H and O–H groups in total. The maximum absolute atomic E-state index is 11.6. The van der Waals surface area contributed by atoms with Crippen LogP contribution < -0.4 is 16.2 Å². The Balaban J connectivity index is 1.17. The standard InChI is InChI=1S/C32H27N11O/c33-17-23-16-28(38-20-37-23)42-14-12-41(13-15-42)19-21-3-6-24(7-4-21)43-31(25-2-1-11-35-30(25)34)40-27-9-8-26(39-32(27)43)22-5-10-29(44)36-18-22/h1-11,16,18,20H,12-15,19H2,(H2,34,35)(H,36,44). The molecule has 5 aromatic heterocycles. The van der Waals surface area contributed by atoms with Crippen LogP contribution in [-0.4, -0.2) is 65.5 Å². The third kappa shape index (κ3) is 5.23. The number of nitrogen functional groups attached to an aromatic ring is 1. The van der Waals surface area contributed by atoms with Crippen LogP contribution in [0.3, 0.4) is 0 Å². The number of imidazole rings is 1. The van der Waals surface area contributed by atoms with E-state index in [2.05, 4.69) is 60.1 Å².